The Labute approximate surface area is 131 Å². The predicted octanol–water partition coefficient (Wildman–Crippen LogP) is 2.61. The lowest BCUT2D eigenvalue weighted by molar-refractivity contribution is 0.663. The minimum absolute atomic E-state index is 0.838. The van der Waals surface area contributed by atoms with E-state index in [-0.39, 0.29) is 0 Å². The van der Waals surface area contributed by atoms with Gasteiger partial charge >= 0.3 is 0 Å². The van der Waals surface area contributed by atoms with Crippen molar-refractivity contribution in [1.29, 1.82) is 0 Å². The van der Waals surface area contributed by atoms with Crippen LogP contribution in [0.25, 0.3) is 0 Å². The predicted molar refractivity (Wildman–Crippen MR) is 88.7 cm³/mol. The van der Waals surface area contributed by atoms with Gasteiger partial charge in [-0.2, -0.15) is 0 Å². The van der Waals surface area contributed by atoms with Gasteiger partial charge in [-0.25, -0.2) is 4.68 Å². The molecule has 1 aromatic carbocycles. The molecule has 0 fully saturated rings. The first-order valence-electron chi connectivity index (χ1n) is 7.04. The number of anilines is 1. The van der Waals surface area contributed by atoms with Crippen molar-refractivity contribution in [2.24, 2.45) is 7.05 Å². The van der Waals surface area contributed by atoms with Crippen LogP contribution < -0.4 is 4.90 Å². The van der Waals surface area contributed by atoms with Crippen LogP contribution in [0, 0.1) is 13.8 Å². The van der Waals surface area contributed by atoms with Gasteiger partial charge in [-0.3, -0.25) is 0 Å². The molecule has 0 unspecified atom stereocenters. The monoisotopic (exact) mass is 303 g/mol. The molecule has 0 spiro atoms. The SMILES string of the molecule is Cc1ccc(C)c(N(C)C(=S)CCCc2nnnn2C)c1. The summed E-state index contributed by atoms with van der Waals surface area (Å²) < 4.78 is 1.71. The average Bonchev–Trinajstić information content (AvgIpc) is 2.86. The highest BCUT2D eigenvalue weighted by atomic mass is 32.1. The van der Waals surface area contributed by atoms with Gasteiger partial charge in [-0.05, 0) is 54.3 Å². The van der Waals surface area contributed by atoms with Crippen molar-refractivity contribution < 1.29 is 0 Å². The van der Waals surface area contributed by atoms with Crippen LogP contribution in [0.4, 0.5) is 5.69 Å². The molecule has 1 aromatic heterocycles. The molecule has 5 nitrogen and oxygen atoms in total. The van der Waals surface area contributed by atoms with Crippen molar-refractivity contribution in [3.63, 3.8) is 0 Å². The van der Waals surface area contributed by atoms with Crippen LogP contribution >= 0.6 is 12.2 Å². The molecule has 112 valence electrons. The number of nitrogens with zero attached hydrogens (tertiary/aromatic N) is 5. The van der Waals surface area contributed by atoms with Crippen molar-refractivity contribution in [3.05, 3.63) is 35.2 Å². The number of thiocarbonyl (C=S) groups is 1. The lowest BCUT2D eigenvalue weighted by Crippen LogP contribution is -2.25. The highest BCUT2D eigenvalue weighted by molar-refractivity contribution is 7.80. The third-order valence-corrected chi connectivity index (χ3v) is 4.08. The maximum Gasteiger partial charge on any atom is 0.150 e. The van der Waals surface area contributed by atoms with Gasteiger partial charge < -0.3 is 4.90 Å². The normalized spacial score (nSPS) is 10.7. The molecule has 2 aromatic rings. The maximum atomic E-state index is 5.56. The molecule has 21 heavy (non-hydrogen) atoms. The summed E-state index contributed by atoms with van der Waals surface area (Å²) in [6.07, 6.45) is 2.64. The largest absolute Gasteiger partial charge is 0.339 e. The molecule has 0 aliphatic heterocycles. The van der Waals surface area contributed by atoms with Gasteiger partial charge in [-0.1, -0.05) is 24.4 Å². The van der Waals surface area contributed by atoms with Crippen molar-refractivity contribution in [2.45, 2.75) is 33.1 Å². The second-order valence-electron chi connectivity index (χ2n) is 5.31. The van der Waals surface area contributed by atoms with Crippen molar-refractivity contribution in [2.75, 3.05) is 11.9 Å². The lowest BCUT2D eigenvalue weighted by Gasteiger charge is -2.22. The zero-order valence-corrected chi connectivity index (χ0v) is 13.8. The van der Waals surface area contributed by atoms with Gasteiger partial charge in [-0.15, -0.1) is 5.10 Å². The van der Waals surface area contributed by atoms with Crippen LogP contribution in [0.1, 0.15) is 29.8 Å². The first-order valence-corrected chi connectivity index (χ1v) is 7.45. The van der Waals surface area contributed by atoms with Crippen LogP contribution in [0.5, 0.6) is 0 Å². The van der Waals surface area contributed by atoms with E-state index >= 15 is 0 Å². The van der Waals surface area contributed by atoms with Gasteiger partial charge in [0, 0.05) is 26.2 Å². The highest BCUT2D eigenvalue weighted by Gasteiger charge is 2.10. The van der Waals surface area contributed by atoms with Gasteiger partial charge in [0.25, 0.3) is 0 Å². The van der Waals surface area contributed by atoms with E-state index in [1.807, 2.05) is 14.1 Å². The molecule has 0 aliphatic rings. The second kappa shape index (κ2) is 6.76. The van der Waals surface area contributed by atoms with Gasteiger partial charge in [0.1, 0.15) is 0 Å². The van der Waals surface area contributed by atoms with Crippen molar-refractivity contribution in [1.82, 2.24) is 20.2 Å². The molecule has 2 rings (SSSR count). The summed E-state index contributed by atoms with van der Waals surface area (Å²) in [4.78, 5) is 3.05. The number of tetrazole rings is 1. The fraction of sp³-hybridized carbons (Fsp3) is 0.467. The van der Waals surface area contributed by atoms with Crippen LogP contribution in [0.3, 0.4) is 0 Å². The van der Waals surface area contributed by atoms with E-state index in [1.54, 1.807) is 4.68 Å². The zero-order valence-electron chi connectivity index (χ0n) is 13.0. The third-order valence-electron chi connectivity index (χ3n) is 3.60. The Kier molecular flexibility index (Phi) is 5.01. The summed E-state index contributed by atoms with van der Waals surface area (Å²) in [6.45, 7) is 4.21. The molecule has 0 bridgehead atoms. The molecule has 6 heteroatoms. The van der Waals surface area contributed by atoms with E-state index in [0.29, 0.717) is 0 Å². The van der Waals surface area contributed by atoms with Crippen LogP contribution in [0.2, 0.25) is 0 Å². The Balaban J connectivity index is 1.93. The van der Waals surface area contributed by atoms with E-state index in [9.17, 15) is 0 Å². The Bertz CT molecular complexity index is 635. The van der Waals surface area contributed by atoms with E-state index in [2.05, 4.69) is 52.5 Å². The first-order chi connectivity index (χ1) is 9.99. The first kappa shape index (κ1) is 15.6. The van der Waals surface area contributed by atoms with Gasteiger partial charge in [0.05, 0.1) is 4.99 Å². The van der Waals surface area contributed by atoms with E-state index in [0.717, 1.165) is 30.1 Å². The Morgan fingerprint density at radius 3 is 2.76 bits per heavy atom. The van der Waals surface area contributed by atoms with Gasteiger partial charge in [0.2, 0.25) is 0 Å². The van der Waals surface area contributed by atoms with E-state index < -0.39 is 0 Å². The molecule has 0 amide bonds. The smallest absolute Gasteiger partial charge is 0.150 e. The third kappa shape index (κ3) is 3.85. The number of aromatic nitrogens is 4. The Morgan fingerprint density at radius 1 is 1.33 bits per heavy atom. The molecule has 1 heterocycles. The minimum Gasteiger partial charge on any atom is -0.339 e. The molecule has 0 radical (unpaired) electrons. The zero-order chi connectivity index (χ0) is 15.4. The number of hydrogen-bond donors (Lipinski definition) is 0. The molecular formula is C15H21N5S. The van der Waals surface area contributed by atoms with Crippen molar-refractivity contribution in [3.8, 4) is 0 Å². The number of hydrogen-bond acceptors (Lipinski definition) is 4. The average molecular weight is 303 g/mol. The van der Waals surface area contributed by atoms with E-state index in [4.69, 9.17) is 12.2 Å². The van der Waals surface area contributed by atoms with Crippen LogP contribution in [-0.4, -0.2) is 32.2 Å². The lowest BCUT2D eigenvalue weighted by atomic mass is 10.1. The highest BCUT2D eigenvalue weighted by Crippen LogP contribution is 2.21. The Hall–Kier alpha value is -1.82. The minimum atomic E-state index is 0.838. The van der Waals surface area contributed by atoms with Crippen LogP contribution in [0.15, 0.2) is 18.2 Å². The molecule has 0 atom stereocenters. The standard InChI is InChI=1S/C15H21N5S/c1-11-8-9-12(2)13(10-11)19(3)15(21)7-5-6-14-16-17-18-20(14)4/h8-10H,5-7H2,1-4H3. The molecule has 0 aliphatic carbocycles. The molecule has 0 saturated heterocycles. The summed E-state index contributed by atoms with van der Waals surface area (Å²) in [7, 11) is 3.89. The van der Waals surface area contributed by atoms with Crippen LogP contribution in [-0.2, 0) is 13.5 Å². The molecule has 0 saturated carbocycles. The summed E-state index contributed by atoms with van der Waals surface area (Å²) in [5.74, 6) is 0.896. The molecule has 0 N–H and O–H groups in total. The maximum absolute atomic E-state index is 5.56. The number of aryl methyl sites for hydroxylation is 4. The summed E-state index contributed by atoms with van der Waals surface area (Å²) in [5, 5.41) is 11.5. The second-order valence-corrected chi connectivity index (χ2v) is 5.79. The van der Waals surface area contributed by atoms with Gasteiger partial charge in [0.15, 0.2) is 5.82 Å². The molecular weight excluding hydrogens is 282 g/mol. The number of benzene rings is 1. The topological polar surface area (TPSA) is 46.8 Å². The summed E-state index contributed by atoms with van der Waals surface area (Å²) >= 11 is 5.56. The quantitative estimate of drug-likeness (QED) is 0.795. The van der Waals surface area contributed by atoms with E-state index in [1.165, 1.54) is 16.8 Å². The van der Waals surface area contributed by atoms with Crippen molar-refractivity contribution >= 4 is 22.9 Å². The summed E-state index contributed by atoms with van der Waals surface area (Å²) in [5.41, 5.74) is 3.67. The number of rotatable bonds is 5. The Morgan fingerprint density at radius 2 is 2.10 bits per heavy atom. The summed E-state index contributed by atoms with van der Waals surface area (Å²) in [6, 6.07) is 6.43. The fourth-order valence-corrected chi connectivity index (χ4v) is 2.48. The fourth-order valence-electron chi connectivity index (χ4n) is 2.24.